The van der Waals surface area contributed by atoms with Crippen LogP contribution in [0.1, 0.15) is 57.4 Å². The number of nitrogens with zero attached hydrogens (tertiary/aromatic N) is 1. The van der Waals surface area contributed by atoms with Gasteiger partial charge in [-0.15, -0.1) is 11.3 Å². The maximum Gasteiger partial charge on any atom is 0.412 e. The molecule has 5 rings (SSSR count). The number of alkyl carbamates (subject to hydrolysis) is 1. The van der Waals surface area contributed by atoms with E-state index in [9.17, 15) is 18.0 Å². The monoisotopic (exact) mass is 608 g/mol. The summed E-state index contributed by atoms with van der Waals surface area (Å²) in [5, 5.41) is 6.49. The van der Waals surface area contributed by atoms with Crippen LogP contribution in [0.25, 0.3) is 10.4 Å². The van der Waals surface area contributed by atoms with Crippen LogP contribution < -0.4 is 15.4 Å². The molecule has 3 N–H and O–H groups in total. The maximum atomic E-state index is 13.5. The van der Waals surface area contributed by atoms with Gasteiger partial charge in [0.1, 0.15) is 0 Å². The Morgan fingerprint density at radius 2 is 1.61 bits per heavy atom. The normalized spacial score (nSPS) is 21.8. The SMILES string of the molecule is CC(C)(C)NS(=O)(=O)c1cc(NC(=O)OC2COC2)ccc1-c1cnc([C@H]2CC[C@H](NC(=O)OC3COC3)CC2)s1. The highest BCUT2D eigenvalue weighted by molar-refractivity contribution is 7.89. The lowest BCUT2D eigenvalue weighted by molar-refractivity contribution is -0.0985. The Balaban J connectivity index is 1.29. The van der Waals surface area contributed by atoms with Crippen LogP contribution in [0.3, 0.4) is 0 Å². The molecular weight excluding hydrogens is 572 g/mol. The van der Waals surface area contributed by atoms with Gasteiger partial charge in [0, 0.05) is 34.9 Å². The lowest BCUT2D eigenvalue weighted by Gasteiger charge is -2.30. The number of hydrogen-bond acceptors (Lipinski definition) is 10. The van der Waals surface area contributed by atoms with E-state index in [0.717, 1.165) is 30.7 Å². The molecule has 14 heteroatoms. The lowest BCUT2D eigenvalue weighted by Crippen LogP contribution is -2.44. The lowest BCUT2D eigenvalue weighted by atomic mass is 9.86. The van der Waals surface area contributed by atoms with Crippen molar-refractivity contribution in [2.45, 2.75) is 81.1 Å². The summed E-state index contributed by atoms with van der Waals surface area (Å²) in [6, 6.07) is 4.81. The molecule has 1 aromatic carbocycles. The third-order valence-electron chi connectivity index (χ3n) is 6.91. The van der Waals surface area contributed by atoms with E-state index in [-0.39, 0.29) is 29.1 Å². The number of carbonyl (C=O) groups is 2. The summed E-state index contributed by atoms with van der Waals surface area (Å²) < 4.78 is 50.3. The molecule has 3 aliphatic rings. The second-order valence-electron chi connectivity index (χ2n) is 11.6. The Hall–Kier alpha value is -2.78. The van der Waals surface area contributed by atoms with Gasteiger partial charge >= 0.3 is 12.2 Å². The van der Waals surface area contributed by atoms with Crippen molar-refractivity contribution < 1.29 is 37.0 Å². The quantitative estimate of drug-likeness (QED) is 0.404. The number of hydrogen-bond donors (Lipinski definition) is 3. The van der Waals surface area contributed by atoms with E-state index in [0.29, 0.717) is 42.6 Å². The third kappa shape index (κ3) is 7.74. The van der Waals surface area contributed by atoms with Gasteiger partial charge < -0.3 is 24.3 Å². The minimum absolute atomic E-state index is 0.0377. The fourth-order valence-corrected chi connectivity index (χ4v) is 7.64. The van der Waals surface area contributed by atoms with Crippen molar-refractivity contribution in [1.29, 1.82) is 0 Å². The van der Waals surface area contributed by atoms with E-state index >= 15 is 0 Å². The van der Waals surface area contributed by atoms with E-state index < -0.39 is 27.7 Å². The second kappa shape index (κ2) is 12.2. The van der Waals surface area contributed by atoms with Crippen LogP contribution in [0.2, 0.25) is 0 Å². The fraction of sp³-hybridized carbons (Fsp3) is 0.593. The van der Waals surface area contributed by atoms with Crippen molar-refractivity contribution in [2.75, 3.05) is 31.7 Å². The molecule has 0 bridgehead atoms. The first-order valence-corrected chi connectivity index (χ1v) is 16.0. The van der Waals surface area contributed by atoms with E-state index in [1.165, 1.54) is 17.4 Å². The van der Waals surface area contributed by atoms with Gasteiger partial charge in [0.15, 0.2) is 12.2 Å². The highest BCUT2D eigenvalue weighted by atomic mass is 32.2. The number of amides is 2. The molecule has 0 atom stereocenters. The van der Waals surface area contributed by atoms with Gasteiger partial charge in [0.2, 0.25) is 10.0 Å². The minimum atomic E-state index is -3.96. The standard InChI is InChI=1S/C27H36N4O8S2/c1-27(2,3)31-41(34,35)23-10-18(30-26(33)39-20-14-37-15-20)8-9-21(23)22-11-28-24(40-22)16-4-6-17(7-5-16)29-25(32)38-19-12-36-13-19/h8-11,16-17,19-20,31H,4-7,12-15H2,1-3H3,(H,29,32)(H,30,33)/t16-,17-. The van der Waals surface area contributed by atoms with Crippen LogP contribution in [0.4, 0.5) is 15.3 Å². The largest absolute Gasteiger partial charge is 0.441 e. The molecule has 0 spiro atoms. The molecule has 1 aromatic heterocycles. The summed E-state index contributed by atoms with van der Waals surface area (Å²) in [6.07, 6.45) is 3.45. The predicted octanol–water partition coefficient (Wildman–Crippen LogP) is 3.99. The van der Waals surface area contributed by atoms with E-state index in [1.807, 2.05) is 0 Å². The number of benzene rings is 1. The summed E-state index contributed by atoms with van der Waals surface area (Å²) in [4.78, 5) is 29.8. The third-order valence-corrected chi connectivity index (χ3v) is 9.90. The Morgan fingerprint density at radius 3 is 2.20 bits per heavy atom. The molecule has 2 amide bonds. The zero-order chi connectivity index (χ0) is 29.2. The zero-order valence-corrected chi connectivity index (χ0v) is 24.9. The number of rotatable bonds is 8. The van der Waals surface area contributed by atoms with Crippen LogP contribution in [0, 0.1) is 0 Å². The second-order valence-corrected chi connectivity index (χ2v) is 14.3. The van der Waals surface area contributed by atoms with Crippen molar-refractivity contribution in [3.8, 4) is 10.4 Å². The number of ether oxygens (including phenoxy) is 4. The highest BCUT2D eigenvalue weighted by Gasteiger charge is 2.30. The van der Waals surface area contributed by atoms with Crippen LogP contribution >= 0.6 is 11.3 Å². The summed E-state index contributed by atoms with van der Waals surface area (Å²) in [5.74, 6) is 0.210. The van der Waals surface area contributed by atoms with Crippen molar-refractivity contribution in [2.24, 2.45) is 0 Å². The van der Waals surface area contributed by atoms with Gasteiger partial charge in [-0.3, -0.25) is 5.32 Å². The van der Waals surface area contributed by atoms with Crippen LogP contribution in [-0.2, 0) is 29.0 Å². The number of sulfonamides is 1. The molecule has 12 nitrogen and oxygen atoms in total. The Bertz CT molecular complexity index is 1360. The molecule has 3 fully saturated rings. The Labute approximate surface area is 243 Å². The Morgan fingerprint density at radius 1 is 0.976 bits per heavy atom. The average Bonchev–Trinajstić information content (AvgIpc) is 3.33. The molecule has 2 aliphatic heterocycles. The minimum Gasteiger partial charge on any atom is -0.441 e. The van der Waals surface area contributed by atoms with Gasteiger partial charge in [-0.05, 0) is 58.6 Å². The summed E-state index contributed by atoms with van der Waals surface area (Å²) in [6.45, 7) is 6.88. The smallest absolute Gasteiger partial charge is 0.412 e. The molecule has 41 heavy (non-hydrogen) atoms. The molecule has 3 heterocycles. The fourth-order valence-electron chi connectivity index (χ4n) is 4.78. The summed E-state index contributed by atoms with van der Waals surface area (Å²) >= 11 is 1.46. The van der Waals surface area contributed by atoms with Crippen molar-refractivity contribution in [1.82, 2.24) is 15.0 Å². The number of nitrogens with one attached hydrogen (secondary N) is 3. The number of carbonyl (C=O) groups excluding carboxylic acids is 2. The first-order chi connectivity index (χ1) is 19.4. The Kier molecular flexibility index (Phi) is 8.85. The molecule has 0 radical (unpaired) electrons. The maximum absolute atomic E-state index is 13.5. The average molecular weight is 609 g/mol. The number of thiazole rings is 1. The van der Waals surface area contributed by atoms with Gasteiger partial charge in [0.05, 0.1) is 41.2 Å². The molecular formula is C27H36N4O8S2. The number of anilines is 1. The van der Waals surface area contributed by atoms with Crippen LogP contribution in [0.15, 0.2) is 29.3 Å². The number of aromatic nitrogens is 1. The van der Waals surface area contributed by atoms with Crippen molar-refractivity contribution >= 4 is 39.2 Å². The van der Waals surface area contributed by atoms with Gasteiger partial charge in [-0.1, -0.05) is 6.07 Å². The van der Waals surface area contributed by atoms with Gasteiger partial charge in [-0.25, -0.2) is 27.7 Å². The van der Waals surface area contributed by atoms with Crippen LogP contribution in [0.5, 0.6) is 0 Å². The van der Waals surface area contributed by atoms with E-state index in [2.05, 4.69) is 20.3 Å². The van der Waals surface area contributed by atoms with E-state index in [1.54, 1.807) is 39.1 Å². The van der Waals surface area contributed by atoms with Crippen molar-refractivity contribution in [3.05, 3.63) is 29.4 Å². The first kappa shape index (κ1) is 29.7. The topological polar surface area (TPSA) is 154 Å². The molecule has 2 saturated heterocycles. The van der Waals surface area contributed by atoms with Gasteiger partial charge in [0.25, 0.3) is 0 Å². The molecule has 1 aliphatic carbocycles. The van der Waals surface area contributed by atoms with E-state index in [4.69, 9.17) is 18.9 Å². The van der Waals surface area contributed by atoms with Crippen LogP contribution in [-0.4, -0.2) is 75.8 Å². The molecule has 224 valence electrons. The summed E-state index contributed by atoms with van der Waals surface area (Å²) in [7, 11) is -3.96. The molecule has 2 aromatic rings. The first-order valence-electron chi connectivity index (χ1n) is 13.7. The molecule has 1 saturated carbocycles. The predicted molar refractivity (Wildman–Crippen MR) is 152 cm³/mol. The van der Waals surface area contributed by atoms with Crippen molar-refractivity contribution in [3.63, 3.8) is 0 Å². The molecule has 0 unspecified atom stereocenters. The highest BCUT2D eigenvalue weighted by Crippen LogP contribution is 2.40. The summed E-state index contributed by atoms with van der Waals surface area (Å²) in [5.41, 5.74) is 0.0776. The zero-order valence-electron chi connectivity index (χ0n) is 23.3. The van der Waals surface area contributed by atoms with Gasteiger partial charge in [-0.2, -0.15) is 0 Å².